The molecule has 0 aliphatic rings. The van der Waals surface area contributed by atoms with E-state index in [1.807, 2.05) is 6.92 Å². The number of fused-ring (bicyclic) bond motifs is 1. The molecule has 0 spiro atoms. The first-order chi connectivity index (χ1) is 9.90. The lowest BCUT2D eigenvalue weighted by Crippen LogP contribution is -2.25. The Morgan fingerprint density at radius 2 is 2.24 bits per heavy atom. The van der Waals surface area contributed by atoms with Gasteiger partial charge in [0.05, 0.1) is 6.20 Å². The standard InChI is InChI=1S/C11H14N6O2S2/c1-7-8(5-13-16(7)2)6-14-21(18,19)10-9(12)15-11-17(10)3-4-20-11/h3-5,14H,6,12H2,1-2H3. The molecule has 0 aromatic carbocycles. The van der Waals surface area contributed by atoms with E-state index in [4.69, 9.17) is 5.73 Å². The van der Waals surface area contributed by atoms with Crippen molar-refractivity contribution >= 4 is 32.1 Å². The minimum atomic E-state index is -3.75. The summed E-state index contributed by atoms with van der Waals surface area (Å²) in [7, 11) is -1.95. The molecule has 0 aliphatic heterocycles. The summed E-state index contributed by atoms with van der Waals surface area (Å²) in [6.45, 7) is 2.03. The molecular weight excluding hydrogens is 312 g/mol. The van der Waals surface area contributed by atoms with Gasteiger partial charge < -0.3 is 5.73 Å². The van der Waals surface area contributed by atoms with Crippen LogP contribution in [-0.4, -0.2) is 27.6 Å². The second-order valence-corrected chi connectivity index (χ2v) is 7.12. The third-order valence-corrected chi connectivity index (χ3v) is 5.48. The monoisotopic (exact) mass is 326 g/mol. The Labute approximate surface area is 125 Å². The van der Waals surface area contributed by atoms with Crippen LogP contribution in [0.4, 0.5) is 5.82 Å². The average molecular weight is 326 g/mol. The number of anilines is 1. The van der Waals surface area contributed by atoms with Gasteiger partial charge in [-0.25, -0.2) is 18.1 Å². The Kier molecular flexibility index (Phi) is 3.23. The van der Waals surface area contributed by atoms with Gasteiger partial charge in [-0.15, -0.1) is 11.3 Å². The molecule has 0 amide bonds. The fraction of sp³-hybridized carbons (Fsp3) is 0.273. The Bertz CT molecular complexity index is 905. The molecule has 0 saturated heterocycles. The molecule has 0 unspecified atom stereocenters. The molecule has 0 bridgehead atoms. The van der Waals surface area contributed by atoms with E-state index in [0.29, 0.717) is 4.96 Å². The van der Waals surface area contributed by atoms with Crippen LogP contribution >= 0.6 is 11.3 Å². The van der Waals surface area contributed by atoms with E-state index < -0.39 is 10.0 Å². The number of imidazole rings is 1. The van der Waals surface area contributed by atoms with E-state index in [9.17, 15) is 8.42 Å². The van der Waals surface area contributed by atoms with Crippen LogP contribution in [0.3, 0.4) is 0 Å². The highest BCUT2D eigenvalue weighted by Gasteiger charge is 2.24. The zero-order valence-corrected chi connectivity index (χ0v) is 13.1. The van der Waals surface area contributed by atoms with Gasteiger partial charge in [0, 0.05) is 36.4 Å². The normalized spacial score (nSPS) is 12.3. The SMILES string of the molecule is Cc1c(CNS(=O)(=O)c2c(N)nc3sccn23)cnn1C. The fourth-order valence-electron chi connectivity index (χ4n) is 2.01. The van der Waals surface area contributed by atoms with Gasteiger partial charge in [-0.3, -0.25) is 9.08 Å². The summed E-state index contributed by atoms with van der Waals surface area (Å²) in [5, 5.41) is 5.81. The first-order valence-corrected chi connectivity index (χ1v) is 8.44. The molecule has 0 radical (unpaired) electrons. The smallest absolute Gasteiger partial charge is 0.260 e. The van der Waals surface area contributed by atoms with Crippen LogP contribution in [0.15, 0.2) is 22.8 Å². The van der Waals surface area contributed by atoms with Crippen molar-refractivity contribution in [2.75, 3.05) is 5.73 Å². The maximum atomic E-state index is 12.4. The molecule has 3 heterocycles. The molecule has 0 aliphatic carbocycles. The second kappa shape index (κ2) is 4.83. The number of nitrogens with zero attached hydrogens (tertiary/aromatic N) is 4. The third kappa shape index (κ3) is 2.30. The predicted octanol–water partition coefficient (Wildman–Crippen LogP) is 0.498. The largest absolute Gasteiger partial charge is 0.381 e. The summed E-state index contributed by atoms with van der Waals surface area (Å²) in [4.78, 5) is 4.59. The van der Waals surface area contributed by atoms with E-state index in [-0.39, 0.29) is 17.4 Å². The third-order valence-electron chi connectivity index (χ3n) is 3.29. The lowest BCUT2D eigenvalue weighted by atomic mass is 10.3. The molecule has 0 fully saturated rings. The van der Waals surface area contributed by atoms with Crippen molar-refractivity contribution in [2.24, 2.45) is 7.05 Å². The highest BCUT2D eigenvalue weighted by Crippen LogP contribution is 2.23. The Morgan fingerprint density at radius 3 is 2.90 bits per heavy atom. The summed E-state index contributed by atoms with van der Waals surface area (Å²) in [6, 6.07) is 0. The topological polar surface area (TPSA) is 107 Å². The summed E-state index contributed by atoms with van der Waals surface area (Å²) in [5.74, 6) is -0.00254. The first-order valence-electron chi connectivity index (χ1n) is 6.08. The van der Waals surface area contributed by atoms with Gasteiger partial charge in [0.2, 0.25) is 0 Å². The number of sulfonamides is 1. The van der Waals surface area contributed by atoms with Crippen LogP contribution in [0.25, 0.3) is 4.96 Å². The highest BCUT2D eigenvalue weighted by atomic mass is 32.2. The number of hydrogen-bond donors (Lipinski definition) is 2. The number of aryl methyl sites for hydroxylation is 1. The number of hydrogen-bond acceptors (Lipinski definition) is 6. The Balaban J connectivity index is 1.92. The second-order valence-electron chi connectivity index (χ2n) is 4.56. The molecular formula is C11H14N6O2S2. The van der Waals surface area contributed by atoms with E-state index >= 15 is 0 Å². The predicted molar refractivity (Wildman–Crippen MR) is 79.5 cm³/mol. The minimum Gasteiger partial charge on any atom is -0.381 e. The zero-order valence-electron chi connectivity index (χ0n) is 11.4. The summed E-state index contributed by atoms with van der Waals surface area (Å²) in [5.41, 5.74) is 7.44. The van der Waals surface area contributed by atoms with E-state index in [1.165, 1.54) is 15.7 Å². The number of nitrogen functional groups attached to an aromatic ring is 1. The van der Waals surface area contributed by atoms with Crippen LogP contribution in [0.2, 0.25) is 0 Å². The first kappa shape index (κ1) is 14.0. The number of rotatable bonds is 4. The quantitative estimate of drug-likeness (QED) is 0.726. The summed E-state index contributed by atoms with van der Waals surface area (Å²) < 4.78 is 30.6. The van der Waals surface area contributed by atoms with Crippen molar-refractivity contribution in [3.63, 3.8) is 0 Å². The van der Waals surface area contributed by atoms with Crippen molar-refractivity contribution in [1.82, 2.24) is 23.9 Å². The zero-order chi connectivity index (χ0) is 15.2. The van der Waals surface area contributed by atoms with Crippen LogP contribution < -0.4 is 10.5 Å². The van der Waals surface area contributed by atoms with Crippen LogP contribution in [-0.2, 0) is 23.6 Å². The minimum absolute atomic E-state index is 0.00254. The van der Waals surface area contributed by atoms with Gasteiger partial charge in [-0.2, -0.15) is 5.10 Å². The van der Waals surface area contributed by atoms with Gasteiger partial charge in [0.25, 0.3) is 10.0 Å². The number of aromatic nitrogens is 4. The van der Waals surface area contributed by atoms with Crippen molar-refractivity contribution in [3.05, 3.63) is 29.0 Å². The van der Waals surface area contributed by atoms with Crippen molar-refractivity contribution in [2.45, 2.75) is 18.5 Å². The van der Waals surface area contributed by atoms with Gasteiger partial charge in [0.1, 0.15) is 0 Å². The molecule has 3 aromatic heterocycles. The lowest BCUT2D eigenvalue weighted by molar-refractivity contribution is 0.577. The molecule has 3 N–H and O–H groups in total. The molecule has 21 heavy (non-hydrogen) atoms. The molecule has 3 aromatic rings. The van der Waals surface area contributed by atoms with E-state index in [0.717, 1.165) is 11.3 Å². The van der Waals surface area contributed by atoms with Crippen molar-refractivity contribution < 1.29 is 8.42 Å². The van der Waals surface area contributed by atoms with E-state index in [1.54, 1.807) is 29.5 Å². The van der Waals surface area contributed by atoms with Crippen LogP contribution in [0, 0.1) is 6.92 Å². The summed E-state index contributed by atoms with van der Waals surface area (Å²) in [6.07, 6.45) is 3.27. The van der Waals surface area contributed by atoms with Gasteiger partial charge in [-0.1, -0.05) is 0 Å². The molecule has 3 rings (SSSR count). The maximum absolute atomic E-state index is 12.4. The molecule has 0 saturated carbocycles. The van der Waals surface area contributed by atoms with Gasteiger partial charge >= 0.3 is 0 Å². The van der Waals surface area contributed by atoms with Crippen molar-refractivity contribution in [3.8, 4) is 0 Å². The average Bonchev–Trinajstić information content (AvgIpc) is 3.04. The van der Waals surface area contributed by atoms with Crippen molar-refractivity contribution in [1.29, 1.82) is 0 Å². The van der Waals surface area contributed by atoms with Crippen LogP contribution in [0.1, 0.15) is 11.3 Å². The number of nitrogens with one attached hydrogen (secondary N) is 1. The molecule has 0 atom stereocenters. The highest BCUT2D eigenvalue weighted by molar-refractivity contribution is 7.89. The maximum Gasteiger partial charge on any atom is 0.260 e. The Hall–Kier alpha value is -1.91. The molecule has 112 valence electrons. The van der Waals surface area contributed by atoms with Gasteiger partial charge in [-0.05, 0) is 6.92 Å². The molecule has 10 heteroatoms. The fourth-order valence-corrected chi connectivity index (χ4v) is 4.00. The van der Waals surface area contributed by atoms with E-state index in [2.05, 4.69) is 14.8 Å². The Morgan fingerprint density at radius 1 is 1.48 bits per heavy atom. The van der Waals surface area contributed by atoms with Crippen LogP contribution in [0.5, 0.6) is 0 Å². The summed E-state index contributed by atoms with van der Waals surface area (Å²) >= 11 is 1.32. The lowest BCUT2D eigenvalue weighted by Gasteiger charge is -2.06. The van der Waals surface area contributed by atoms with Gasteiger partial charge in [0.15, 0.2) is 15.8 Å². The number of thiazole rings is 1. The molecule has 8 nitrogen and oxygen atoms in total. The number of nitrogens with two attached hydrogens (primary N) is 1.